The molecule has 108 valence electrons. The SMILES string of the molecule is Cc1ccc(CNC(C)c2nc3ccccc3[nH]2)c(C)c1. The third-order valence-electron chi connectivity index (χ3n) is 3.91. The number of imidazole rings is 1. The van der Waals surface area contributed by atoms with Crippen LogP contribution >= 0.6 is 0 Å². The molecule has 2 N–H and O–H groups in total. The average Bonchev–Trinajstić information content (AvgIpc) is 2.90. The van der Waals surface area contributed by atoms with Crippen LogP contribution in [-0.4, -0.2) is 9.97 Å². The van der Waals surface area contributed by atoms with Gasteiger partial charge in [-0.25, -0.2) is 4.98 Å². The summed E-state index contributed by atoms with van der Waals surface area (Å²) in [6, 6.07) is 14.9. The summed E-state index contributed by atoms with van der Waals surface area (Å²) in [5.41, 5.74) is 6.09. The second kappa shape index (κ2) is 5.70. The van der Waals surface area contributed by atoms with Crippen molar-refractivity contribution < 1.29 is 0 Å². The first-order valence-corrected chi connectivity index (χ1v) is 7.37. The van der Waals surface area contributed by atoms with Gasteiger partial charge in [-0.2, -0.15) is 0 Å². The number of benzene rings is 2. The number of para-hydroxylation sites is 2. The number of nitrogens with one attached hydrogen (secondary N) is 2. The number of hydrogen-bond acceptors (Lipinski definition) is 2. The monoisotopic (exact) mass is 279 g/mol. The Morgan fingerprint density at radius 3 is 2.71 bits per heavy atom. The molecule has 3 rings (SSSR count). The molecule has 0 amide bonds. The first kappa shape index (κ1) is 13.8. The van der Waals surface area contributed by atoms with Crippen LogP contribution in [0, 0.1) is 13.8 Å². The molecule has 1 unspecified atom stereocenters. The highest BCUT2D eigenvalue weighted by Gasteiger charge is 2.10. The van der Waals surface area contributed by atoms with Gasteiger partial charge in [0.2, 0.25) is 0 Å². The fourth-order valence-corrected chi connectivity index (χ4v) is 2.58. The molecule has 0 fully saturated rings. The van der Waals surface area contributed by atoms with Crippen LogP contribution in [0.4, 0.5) is 0 Å². The van der Waals surface area contributed by atoms with Gasteiger partial charge in [-0.05, 0) is 44.0 Å². The van der Waals surface area contributed by atoms with Gasteiger partial charge in [0.25, 0.3) is 0 Å². The average molecular weight is 279 g/mol. The number of fused-ring (bicyclic) bond motifs is 1. The predicted molar refractivity (Wildman–Crippen MR) is 87.3 cm³/mol. The zero-order valence-electron chi connectivity index (χ0n) is 12.8. The number of aromatic amines is 1. The molecular weight excluding hydrogens is 258 g/mol. The van der Waals surface area contributed by atoms with Crippen molar-refractivity contribution in [3.05, 3.63) is 65.0 Å². The van der Waals surface area contributed by atoms with Crippen molar-refractivity contribution >= 4 is 11.0 Å². The lowest BCUT2D eigenvalue weighted by atomic mass is 10.1. The maximum absolute atomic E-state index is 4.64. The topological polar surface area (TPSA) is 40.7 Å². The molecule has 0 aliphatic rings. The van der Waals surface area contributed by atoms with E-state index in [1.807, 2.05) is 18.2 Å². The summed E-state index contributed by atoms with van der Waals surface area (Å²) >= 11 is 0. The molecule has 0 aliphatic carbocycles. The maximum atomic E-state index is 4.64. The zero-order chi connectivity index (χ0) is 14.8. The molecule has 3 nitrogen and oxygen atoms in total. The highest BCUT2D eigenvalue weighted by molar-refractivity contribution is 5.74. The van der Waals surface area contributed by atoms with E-state index in [1.54, 1.807) is 0 Å². The molecule has 3 aromatic rings. The lowest BCUT2D eigenvalue weighted by molar-refractivity contribution is 0.551. The van der Waals surface area contributed by atoms with E-state index in [1.165, 1.54) is 16.7 Å². The molecule has 2 aromatic carbocycles. The van der Waals surface area contributed by atoms with Crippen LogP contribution in [-0.2, 0) is 6.54 Å². The largest absolute Gasteiger partial charge is 0.341 e. The van der Waals surface area contributed by atoms with Gasteiger partial charge >= 0.3 is 0 Å². The normalized spacial score (nSPS) is 12.7. The Hall–Kier alpha value is -2.13. The minimum atomic E-state index is 0.193. The van der Waals surface area contributed by atoms with Gasteiger partial charge in [-0.15, -0.1) is 0 Å². The number of hydrogen-bond donors (Lipinski definition) is 2. The smallest absolute Gasteiger partial charge is 0.124 e. The first-order valence-electron chi connectivity index (χ1n) is 7.37. The third-order valence-corrected chi connectivity index (χ3v) is 3.91. The van der Waals surface area contributed by atoms with Crippen molar-refractivity contribution in [3.8, 4) is 0 Å². The fourth-order valence-electron chi connectivity index (χ4n) is 2.58. The molecule has 0 radical (unpaired) electrons. The minimum Gasteiger partial charge on any atom is -0.341 e. The van der Waals surface area contributed by atoms with E-state index in [2.05, 4.69) is 60.3 Å². The van der Waals surface area contributed by atoms with Gasteiger partial charge in [-0.3, -0.25) is 0 Å². The molecule has 0 saturated carbocycles. The summed E-state index contributed by atoms with van der Waals surface area (Å²) in [5.74, 6) is 0.987. The standard InChI is InChI=1S/C18H21N3/c1-12-8-9-15(13(2)10-12)11-19-14(3)18-20-16-6-4-5-7-17(16)21-18/h4-10,14,19H,11H2,1-3H3,(H,20,21). The Bertz CT molecular complexity index is 725. The van der Waals surface area contributed by atoms with Gasteiger partial charge in [-0.1, -0.05) is 35.9 Å². The van der Waals surface area contributed by atoms with Crippen molar-refractivity contribution in [2.75, 3.05) is 0 Å². The quantitative estimate of drug-likeness (QED) is 0.757. The second-order valence-electron chi connectivity index (χ2n) is 5.67. The summed E-state index contributed by atoms with van der Waals surface area (Å²) < 4.78 is 0. The number of aromatic nitrogens is 2. The van der Waals surface area contributed by atoms with Crippen molar-refractivity contribution in [3.63, 3.8) is 0 Å². The molecule has 21 heavy (non-hydrogen) atoms. The first-order chi connectivity index (χ1) is 10.1. The van der Waals surface area contributed by atoms with E-state index in [0.717, 1.165) is 23.4 Å². The molecular formula is C18H21N3. The highest BCUT2D eigenvalue weighted by atomic mass is 15.0. The van der Waals surface area contributed by atoms with Crippen LogP contribution < -0.4 is 5.32 Å². The summed E-state index contributed by atoms with van der Waals surface area (Å²) in [4.78, 5) is 8.03. The van der Waals surface area contributed by atoms with Gasteiger partial charge in [0.15, 0.2) is 0 Å². The summed E-state index contributed by atoms with van der Waals surface area (Å²) in [5, 5.41) is 3.54. The van der Waals surface area contributed by atoms with Crippen molar-refractivity contribution in [1.29, 1.82) is 0 Å². The maximum Gasteiger partial charge on any atom is 0.124 e. The van der Waals surface area contributed by atoms with Gasteiger partial charge < -0.3 is 10.3 Å². The lowest BCUT2D eigenvalue weighted by Gasteiger charge is -2.13. The zero-order valence-corrected chi connectivity index (χ0v) is 12.8. The Balaban J connectivity index is 1.72. The van der Waals surface area contributed by atoms with Gasteiger partial charge in [0.1, 0.15) is 5.82 Å². The van der Waals surface area contributed by atoms with E-state index in [4.69, 9.17) is 0 Å². The van der Waals surface area contributed by atoms with E-state index in [9.17, 15) is 0 Å². The van der Waals surface area contributed by atoms with Gasteiger partial charge in [0, 0.05) is 6.54 Å². The minimum absolute atomic E-state index is 0.193. The summed E-state index contributed by atoms with van der Waals surface area (Å²) in [6.07, 6.45) is 0. The number of aryl methyl sites for hydroxylation is 2. The van der Waals surface area contributed by atoms with Crippen molar-refractivity contribution in [2.24, 2.45) is 0 Å². The Labute approximate surface area is 125 Å². The number of H-pyrrole nitrogens is 1. The van der Waals surface area contributed by atoms with Crippen molar-refractivity contribution in [2.45, 2.75) is 33.4 Å². The van der Waals surface area contributed by atoms with Crippen LogP contribution in [0.2, 0.25) is 0 Å². The van der Waals surface area contributed by atoms with Gasteiger partial charge in [0.05, 0.1) is 17.1 Å². The molecule has 3 heteroatoms. The van der Waals surface area contributed by atoms with E-state index in [0.29, 0.717) is 0 Å². The number of nitrogens with zero attached hydrogens (tertiary/aromatic N) is 1. The summed E-state index contributed by atoms with van der Waals surface area (Å²) in [7, 11) is 0. The third kappa shape index (κ3) is 2.98. The molecule has 0 spiro atoms. The van der Waals surface area contributed by atoms with E-state index < -0.39 is 0 Å². The van der Waals surface area contributed by atoms with Crippen LogP contribution in [0.1, 0.15) is 35.5 Å². The highest BCUT2D eigenvalue weighted by Crippen LogP contribution is 2.17. The Morgan fingerprint density at radius 1 is 1.14 bits per heavy atom. The fraction of sp³-hybridized carbons (Fsp3) is 0.278. The van der Waals surface area contributed by atoms with Crippen LogP contribution in [0.25, 0.3) is 11.0 Å². The van der Waals surface area contributed by atoms with Crippen molar-refractivity contribution in [1.82, 2.24) is 15.3 Å². The Morgan fingerprint density at radius 2 is 1.95 bits per heavy atom. The molecule has 1 heterocycles. The van der Waals surface area contributed by atoms with E-state index in [-0.39, 0.29) is 6.04 Å². The van der Waals surface area contributed by atoms with E-state index >= 15 is 0 Å². The molecule has 0 aliphatic heterocycles. The predicted octanol–water partition coefficient (Wildman–Crippen LogP) is 4.03. The molecule has 1 atom stereocenters. The van der Waals surface area contributed by atoms with Crippen LogP contribution in [0.3, 0.4) is 0 Å². The van der Waals surface area contributed by atoms with Crippen LogP contribution in [0.15, 0.2) is 42.5 Å². The molecule has 0 bridgehead atoms. The summed E-state index contributed by atoms with van der Waals surface area (Å²) in [6.45, 7) is 7.28. The lowest BCUT2D eigenvalue weighted by Crippen LogP contribution is -2.19. The molecule has 0 saturated heterocycles. The van der Waals surface area contributed by atoms with Crippen LogP contribution in [0.5, 0.6) is 0 Å². The second-order valence-corrected chi connectivity index (χ2v) is 5.67. The number of rotatable bonds is 4. The Kier molecular flexibility index (Phi) is 3.76. The molecule has 1 aromatic heterocycles.